The van der Waals surface area contributed by atoms with Gasteiger partial charge in [-0.1, -0.05) is 24.3 Å². The smallest absolute Gasteiger partial charge is 0.335 e. The molecule has 5 heteroatoms. The van der Waals surface area contributed by atoms with Crippen LogP contribution >= 0.6 is 0 Å². The Morgan fingerprint density at radius 3 is 2.80 bits per heavy atom. The average molecular weight is 278 g/mol. The van der Waals surface area contributed by atoms with Crippen molar-refractivity contribution in [1.82, 2.24) is 0 Å². The van der Waals surface area contributed by atoms with Gasteiger partial charge in [0.1, 0.15) is 0 Å². The Morgan fingerprint density at radius 2 is 2.13 bits per heavy atom. The molecule has 1 N–H and O–H groups in total. The fourth-order valence-electron chi connectivity index (χ4n) is 1.17. The van der Waals surface area contributed by atoms with Crippen LogP contribution in [-0.2, 0) is 32.7 Å². The summed E-state index contributed by atoms with van der Waals surface area (Å²) in [5, 5.41) is 8.95. The summed E-state index contributed by atoms with van der Waals surface area (Å²) in [6.45, 7) is 0. The van der Waals surface area contributed by atoms with Gasteiger partial charge in [0, 0.05) is 38.3 Å². The minimum atomic E-state index is -1.07. The fourth-order valence-corrected chi connectivity index (χ4v) is 1.17. The molecule has 0 atom stereocenters. The monoisotopic (exact) mass is 278 g/mol. The standard InChI is InChI=1S/C10H5O4.Y/c11-8-3-4-14-9-2-1-6(10(12)13)5-7(8)9;/h1-3,5H,(H,12,13);/q-1;. The van der Waals surface area contributed by atoms with Gasteiger partial charge in [-0.3, -0.25) is 0 Å². The third-order valence-electron chi connectivity index (χ3n) is 1.85. The molecule has 0 fully saturated rings. The maximum atomic E-state index is 11.3. The van der Waals surface area contributed by atoms with Crippen LogP contribution in [0.2, 0.25) is 0 Å². The molecule has 15 heavy (non-hydrogen) atoms. The molecule has 1 radical (unpaired) electrons. The number of carbonyl (C=O) groups is 1. The van der Waals surface area contributed by atoms with Gasteiger partial charge in [-0.25, -0.2) is 4.79 Å². The molecule has 0 unspecified atom stereocenters. The van der Waals surface area contributed by atoms with Crippen molar-refractivity contribution in [3.05, 3.63) is 46.3 Å². The van der Waals surface area contributed by atoms with Gasteiger partial charge < -0.3 is 14.3 Å². The van der Waals surface area contributed by atoms with E-state index in [1.165, 1.54) is 18.2 Å². The summed E-state index contributed by atoms with van der Waals surface area (Å²) in [5.41, 5.74) is 0.104. The molecule has 0 spiro atoms. The number of hydrogen-bond acceptors (Lipinski definition) is 3. The first-order valence-electron chi connectivity index (χ1n) is 3.86. The number of aromatic carboxylic acids is 1. The average Bonchev–Trinajstić information content (AvgIpc) is 2.18. The van der Waals surface area contributed by atoms with Crippen LogP contribution in [0.4, 0.5) is 0 Å². The molecule has 0 aliphatic rings. The first-order chi connectivity index (χ1) is 6.68. The second kappa shape index (κ2) is 4.68. The molecule has 0 aliphatic heterocycles. The van der Waals surface area contributed by atoms with E-state index in [1.807, 2.05) is 0 Å². The molecular weight excluding hydrogens is 273 g/mol. The number of carboxylic acid groups (broad SMARTS) is 1. The van der Waals surface area contributed by atoms with Gasteiger partial charge in [-0.15, -0.1) is 0 Å². The van der Waals surface area contributed by atoms with Crippen LogP contribution in [0.1, 0.15) is 10.4 Å². The van der Waals surface area contributed by atoms with Gasteiger partial charge in [0.2, 0.25) is 0 Å². The second-order valence-electron chi connectivity index (χ2n) is 2.74. The molecule has 1 aromatic carbocycles. The molecule has 1 heterocycles. The topological polar surface area (TPSA) is 67.5 Å². The first-order valence-corrected chi connectivity index (χ1v) is 3.86. The summed E-state index contributed by atoms with van der Waals surface area (Å²) in [6, 6.07) is 5.24. The van der Waals surface area contributed by atoms with Crippen molar-refractivity contribution in [2.45, 2.75) is 0 Å². The summed E-state index contributed by atoms with van der Waals surface area (Å²) in [6.07, 6.45) is 2.32. The molecule has 2 rings (SSSR count). The SMILES string of the molecule is O=C(O)c1ccc2o[c-]cc(=O)c2c1.[Y]. The number of rotatable bonds is 1. The number of fused-ring (bicyclic) bond motifs is 1. The Morgan fingerprint density at radius 1 is 1.40 bits per heavy atom. The van der Waals surface area contributed by atoms with E-state index in [0.29, 0.717) is 5.58 Å². The Kier molecular flexibility index (Phi) is 3.77. The predicted octanol–water partition coefficient (Wildman–Crippen LogP) is 1.29. The molecule has 1 aromatic heterocycles. The van der Waals surface area contributed by atoms with E-state index in [9.17, 15) is 9.59 Å². The van der Waals surface area contributed by atoms with Crippen molar-refractivity contribution in [2.75, 3.05) is 0 Å². The van der Waals surface area contributed by atoms with Crippen molar-refractivity contribution in [1.29, 1.82) is 0 Å². The minimum Gasteiger partial charge on any atom is -0.581 e. The summed E-state index contributed by atoms with van der Waals surface area (Å²) in [5.74, 6) is -1.07. The summed E-state index contributed by atoms with van der Waals surface area (Å²) in [7, 11) is 0. The number of benzene rings is 1. The van der Waals surface area contributed by atoms with Crippen LogP contribution < -0.4 is 5.43 Å². The molecule has 4 nitrogen and oxygen atoms in total. The third kappa shape index (κ3) is 2.33. The first kappa shape index (κ1) is 12.1. The second-order valence-corrected chi connectivity index (χ2v) is 2.74. The van der Waals surface area contributed by atoms with Crippen molar-refractivity contribution in [3.63, 3.8) is 0 Å². The van der Waals surface area contributed by atoms with E-state index in [2.05, 4.69) is 6.26 Å². The van der Waals surface area contributed by atoms with E-state index < -0.39 is 5.97 Å². The van der Waals surface area contributed by atoms with E-state index >= 15 is 0 Å². The summed E-state index contributed by atoms with van der Waals surface area (Å²) < 4.78 is 4.91. The van der Waals surface area contributed by atoms with Gasteiger partial charge >= 0.3 is 5.97 Å². The van der Waals surface area contributed by atoms with Crippen LogP contribution in [-0.4, -0.2) is 11.1 Å². The Hall–Kier alpha value is -0.996. The Labute approximate surface area is 110 Å². The summed E-state index contributed by atoms with van der Waals surface area (Å²) in [4.78, 5) is 21.9. The van der Waals surface area contributed by atoms with Gasteiger partial charge in [0.25, 0.3) is 0 Å². The zero-order valence-electron chi connectivity index (χ0n) is 7.56. The summed E-state index contributed by atoms with van der Waals surface area (Å²) >= 11 is 0. The molecule has 73 valence electrons. The molecular formula is C10H5O4Y-. The van der Waals surface area contributed by atoms with Crippen LogP contribution in [0, 0.1) is 6.26 Å². The molecule has 0 saturated heterocycles. The van der Waals surface area contributed by atoms with Crippen LogP contribution in [0.3, 0.4) is 0 Å². The fraction of sp³-hybridized carbons (Fsp3) is 0. The Bertz CT molecular complexity index is 559. The maximum absolute atomic E-state index is 11.3. The number of hydrogen-bond donors (Lipinski definition) is 1. The maximum Gasteiger partial charge on any atom is 0.335 e. The zero-order valence-corrected chi connectivity index (χ0v) is 10.4. The van der Waals surface area contributed by atoms with Gasteiger partial charge in [0.15, 0.2) is 0 Å². The van der Waals surface area contributed by atoms with Crippen molar-refractivity contribution >= 4 is 16.9 Å². The molecule has 0 amide bonds. The molecule has 2 aromatic rings. The largest absolute Gasteiger partial charge is 0.581 e. The molecule has 0 saturated carbocycles. The van der Waals surface area contributed by atoms with Gasteiger partial charge in [0.05, 0.1) is 11.0 Å². The van der Waals surface area contributed by atoms with Crippen LogP contribution in [0.15, 0.2) is 33.5 Å². The van der Waals surface area contributed by atoms with Crippen LogP contribution in [0.5, 0.6) is 0 Å². The van der Waals surface area contributed by atoms with Crippen LogP contribution in [0.25, 0.3) is 11.0 Å². The van der Waals surface area contributed by atoms with Crippen molar-refractivity contribution in [3.8, 4) is 0 Å². The normalized spacial score (nSPS) is 9.60. The Balaban J connectivity index is 0.00000112. The molecule has 0 aliphatic carbocycles. The van der Waals surface area contributed by atoms with Crippen molar-refractivity contribution < 1.29 is 47.0 Å². The van der Waals surface area contributed by atoms with E-state index in [1.54, 1.807) is 0 Å². The number of carboxylic acids is 1. The van der Waals surface area contributed by atoms with Gasteiger partial charge in [-0.2, -0.15) is 0 Å². The zero-order chi connectivity index (χ0) is 10.1. The minimum absolute atomic E-state index is 0. The predicted molar refractivity (Wildman–Crippen MR) is 48.3 cm³/mol. The van der Waals surface area contributed by atoms with Crippen molar-refractivity contribution in [2.24, 2.45) is 0 Å². The third-order valence-corrected chi connectivity index (χ3v) is 1.85. The van der Waals surface area contributed by atoms with E-state index in [-0.39, 0.29) is 49.1 Å². The molecule has 0 bridgehead atoms. The van der Waals surface area contributed by atoms with Gasteiger partial charge in [-0.05, 0) is 11.6 Å². The van der Waals surface area contributed by atoms with E-state index in [4.69, 9.17) is 9.52 Å². The van der Waals surface area contributed by atoms with E-state index in [0.717, 1.165) is 6.07 Å². The quantitative estimate of drug-likeness (QED) is 0.798.